The van der Waals surface area contributed by atoms with Crippen molar-refractivity contribution in [1.82, 2.24) is 4.98 Å². The molecular formula is C8H8N2OS2. The number of benzene rings is 1. The Hall–Kier alpha value is -0.780. The maximum absolute atomic E-state index is 8.59. The van der Waals surface area contributed by atoms with Gasteiger partial charge in [-0.15, -0.1) is 11.3 Å². The molecule has 0 atom stereocenters. The second-order valence-electron chi connectivity index (χ2n) is 2.61. The Morgan fingerprint density at radius 1 is 1.54 bits per heavy atom. The number of aromatic nitrogens is 1. The first-order valence-corrected chi connectivity index (χ1v) is 5.32. The van der Waals surface area contributed by atoms with E-state index in [0.717, 1.165) is 20.9 Å². The Bertz CT molecular complexity index is 427. The molecule has 2 N–H and O–H groups in total. The van der Waals surface area contributed by atoms with E-state index in [1.807, 2.05) is 25.1 Å². The van der Waals surface area contributed by atoms with Crippen LogP contribution in [0.1, 0.15) is 5.01 Å². The lowest BCUT2D eigenvalue weighted by Crippen LogP contribution is -1.82. The predicted octanol–water partition coefficient (Wildman–Crippen LogP) is 3.14. The van der Waals surface area contributed by atoms with Crippen LogP contribution >= 0.6 is 23.6 Å². The van der Waals surface area contributed by atoms with Crippen LogP contribution < -0.4 is 4.72 Å². The van der Waals surface area contributed by atoms with Gasteiger partial charge in [-0.3, -0.25) is 0 Å². The van der Waals surface area contributed by atoms with Gasteiger partial charge in [0.25, 0.3) is 0 Å². The Morgan fingerprint density at radius 2 is 2.38 bits per heavy atom. The summed E-state index contributed by atoms with van der Waals surface area (Å²) < 4.78 is 12.5. The van der Waals surface area contributed by atoms with Gasteiger partial charge in [0, 0.05) is 5.69 Å². The van der Waals surface area contributed by atoms with Gasteiger partial charge in [0.1, 0.15) is 12.2 Å². The van der Waals surface area contributed by atoms with E-state index in [1.54, 1.807) is 11.3 Å². The van der Waals surface area contributed by atoms with Gasteiger partial charge >= 0.3 is 0 Å². The Balaban J connectivity index is 2.48. The summed E-state index contributed by atoms with van der Waals surface area (Å²) >= 11 is 2.25. The first-order valence-electron chi connectivity index (χ1n) is 3.73. The number of fused-ring (bicyclic) bond motifs is 1. The molecule has 2 aromatic rings. The molecule has 0 amide bonds. The molecule has 0 unspecified atom stereocenters. The maximum Gasteiger partial charge on any atom is 0.108 e. The van der Waals surface area contributed by atoms with Crippen LogP contribution in [0.5, 0.6) is 0 Å². The van der Waals surface area contributed by atoms with Crippen molar-refractivity contribution in [3.05, 3.63) is 23.2 Å². The van der Waals surface area contributed by atoms with Gasteiger partial charge in [0.2, 0.25) is 0 Å². The third-order valence-electron chi connectivity index (χ3n) is 1.66. The molecule has 68 valence electrons. The average Bonchev–Trinajstić information content (AvgIpc) is 2.44. The molecule has 13 heavy (non-hydrogen) atoms. The SMILES string of the molecule is Cc1nc2ccc(NSO)cc2s1. The Kier molecular flexibility index (Phi) is 2.39. The molecule has 0 bridgehead atoms. The highest BCUT2D eigenvalue weighted by molar-refractivity contribution is 7.95. The third kappa shape index (κ3) is 1.77. The zero-order valence-electron chi connectivity index (χ0n) is 6.94. The van der Waals surface area contributed by atoms with E-state index < -0.39 is 0 Å². The molecular weight excluding hydrogens is 204 g/mol. The van der Waals surface area contributed by atoms with E-state index in [9.17, 15) is 0 Å². The molecule has 0 spiro atoms. The van der Waals surface area contributed by atoms with Crippen LogP contribution in [0.4, 0.5) is 5.69 Å². The van der Waals surface area contributed by atoms with Crippen molar-refractivity contribution in [3.63, 3.8) is 0 Å². The maximum atomic E-state index is 8.59. The molecule has 3 nitrogen and oxygen atoms in total. The predicted molar refractivity (Wildman–Crippen MR) is 58.2 cm³/mol. The number of anilines is 1. The summed E-state index contributed by atoms with van der Waals surface area (Å²) in [6.07, 6.45) is 0. The molecule has 0 saturated carbocycles. The molecule has 0 aliphatic heterocycles. The standard InChI is InChI=1S/C8H8N2OS2/c1-5-9-7-3-2-6(10-13-11)4-8(7)12-5/h2-4,10-11H,1H3. The van der Waals surface area contributed by atoms with Crippen molar-refractivity contribution >= 4 is 39.5 Å². The quantitative estimate of drug-likeness (QED) is 0.593. The smallest absolute Gasteiger partial charge is 0.108 e. The summed E-state index contributed by atoms with van der Waals surface area (Å²) in [6.45, 7) is 1.98. The second-order valence-corrected chi connectivity index (χ2v) is 4.23. The van der Waals surface area contributed by atoms with E-state index in [4.69, 9.17) is 4.55 Å². The second kappa shape index (κ2) is 3.53. The van der Waals surface area contributed by atoms with E-state index in [-0.39, 0.29) is 0 Å². The molecule has 1 aromatic heterocycles. The molecule has 0 fully saturated rings. The molecule has 5 heteroatoms. The van der Waals surface area contributed by atoms with Gasteiger partial charge in [0.05, 0.1) is 15.2 Å². The third-order valence-corrected chi connectivity index (χ3v) is 2.92. The van der Waals surface area contributed by atoms with Crippen molar-refractivity contribution in [2.45, 2.75) is 6.92 Å². The number of thiazole rings is 1. The van der Waals surface area contributed by atoms with Gasteiger partial charge in [-0.05, 0) is 25.1 Å². The molecule has 2 rings (SSSR count). The van der Waals surface area contributed by atoms with Crippen molar-refractivity contribution in [3.8, 4) is 0 Å². The summed E-state index contributed by atoms with van der Waals surface area (Å²) in [5, 5.41) is 1.06. The Morgan fingerprint density at radius 3 is 3.15 bits per heavy atom. The summed E-state index contributed by atoms with van der Waals surface area (Å²) in [5.74, 6) is 0. The lowest BCUT2D eigenvalue weighted by atomic mass is 10.3. The summed E-state index contributed by atoms with van der Waals surface area (Å²) in [6, 6.07) is 5.81. The molecule has 1 aromatic carbocycles. The summed E-state index contributed by atoms with van der Waals surface area (Å²) in [7, 11) is 0. The van der Waals surface area contributed by atoms with Crippen molar-refractivity contribution < 1.29 is 4.55 Å². The lowest BCUT2D eigenvalue weighted by molar-refractivity contribution is 0.668. The Labute approximate surface area is 84.1 Å². The fraction of sp³-hybridized carbons (Fsp3) is 0.125. The number of rotatable bonds is 2. The van der Waals surface area contributed by atoms with Crippen LogP contribution in [-0.4, -0.2) is 9.54 Å². The normalized spacial score (nSPS) is 10.6. The van der Waals surface area contributed by atoms with Crippen molar-refractivity contribution in [2.75, 3.05) is 4.72 Å². The summed E-state index contributed by atoms with van der Waals surface area (Å²) in [4.78, 5) is 4.34. The van der Waals surface area contributed by atoms with Crippen LogP contribution in [0.3, 0.4) is 0 Å². The van der Waals surface area contributed by atoms with Crippen LogP contribution in [-0.2, 0) is 0 Å². The number of nitrogens with one attached hydrogen (secondary N) is 1. The number of hydrogen-bond acceptors (Lipinski definition) is 5. The monoisotopic (exact) mass is 212 g/mol. The number of hydrogen-bond donors (Lipinski definition) is 2. The summed E-state index contributed by atoms with van der Waals surface area (Å²) in [5.41, 5.74) is 1.90. The molecule has 0 aliphatic carbocycles. The molecule has 0 saturated heterocycles. The number of aryl methyl sites for hydroxylation is 1. The zero-order chi connectivity index (χ0) is 9.26. The highest BCUT2D eigenvalue weighted by Gasteiger charge is 2.00. The largest absolute Gasteiger partial charge is 0.312 e. The van der Waals surface area contributed by atoms with Crippen molar-refractivity contribution in [2.24, 2.45) is 0 Å². The van der Waals surface area contributed by atoms with Gasteiger partial charge in [-0.25, -0.2) is 4.98 Å². The van der Waals surface area contributed by atoms with Crippen LogP contribution in [0, 0.1) is 6.92 Å². The van der Waals surface area contributed by atoms with Crippen LogP contribution in [0.25, 0.3) is 10.2 Å². The highest BCUT2D eigenvalue weighted by Crippen LogP contribution is 2.25. The van der Waals surface area contributed by atoms with Crippen LogP contribution in [0.15, 0.2) is 18.2 Å². The van der Waals surface area contributed by atoms with E-state index in [2.05, 4.69) is 9.71 Å². The fourth-order valence-corrected chi connectivity index (χ4v) is 2.25. The van der Waals surface area contributed by atoms with Gasteiger partial charge in [0.15, 0.2) is 0 Å². The fourth-order valence-electron chi connectivity index (χ4n) is 1.16. The first-order chi connectivity index (χ1) is 6.29. The average molecular weight is 212 g/mol. The molecule has 0 radical (unpaired) electrons. The van der Waals surface area contributed by atoms with E-state index in [0.29, 0.717) is 12.2 Å². The van der Waals surface area contributed by atoms with E-state index in [1.165, 1.54) is 0 Å². The molecule has 1 heterocycles. The minimum atomic E-state index is 0.604. The van der Waals surface area contributed by atoms with Crippen molar-refractivity contribution in [1.29, 1.82) is 0 Å². The number of nitrogens with zero attached hydrogens (tertiary/aromatic N) is 1. The zero-order valence-corrected chi connectivity index (χ0v) is 8.58. The molecule has 0 aliphatic rings. The van der Waals surface area contributed by atoms with Gasteiger partial charge < -0.3 is 9.27 Å². The van der Waals surface area contributed by atoms with Crippen LogP contribution in [0.2, 0.25) is 0 Å². The van der Waals surface area contributed by atoms with E-state index >= 15 is 0 Å². The first kappa shape index (κ1) is 8.80. The minimum Gasteiger partial charge on any atom is -0.312 e. The highest BCUT2D eigenvalue weighted by atomic mass is 32.2. The van der Waals surface area contributed by atoms with Gasteiger partial charge in [-0.2, -0.15) is 0 Å². The topological polar surface area (TPSA) is 45.2 Å². The minimum absolute atomic E-state index is 0.604. The lowest BCUT2D eigenvalue weighted by Gasteiger charge is -1.98. The van der Waals surface area contributed by atoms with Gasteiger partial charge in [-0.1, -0.05) is 0 Å².